The van der Waals surface area contributed by atoms with Crippen molar-refractivity contribution in [2.45, 2.75) is 46.1 Å². The number of imidazole rings is 1. The number of benzene rings is 1. The lowest BCUT2D eigenvalue weighted by molar-refractivity contribution is 0.570. The molecular weight excluding hydrogens is 246 g/mol. The molecule has 0 saturated heterocycles. The summed E-state index contributed by atoms with van der Waals surface area (Å²) in [6, 6.07) is 9.11. The number of hydrogen-bond donors (Lipinski definition) is 1. The van der Waals surface area contributed by atoms with E-state index < -0.39 is 0 Å². The number of nitrogens with zero attached hydrogens (tertiary/aromatic N) is 2. The van der Waals surface area contributed by atoms with Crippen LogP contribution in [0.1, 0.15) is 51.0 Å². The average Bonchev–Trinajstić information content (AvgIpc) is 2.93. The van der Waals surface area contributed by atoms with Gasteiger partial charge in [-0.25, -0.2) is 4.98 Å². The molecule has 1 unspecified atom stereocenters. The first-order chi connectivity index (χ1) is 9.76. The Morgan fingerprint density at radius 1 is 1.25 bits per heavy atom. The fourth-order valence-corrected chi connectivity index (χ4v) is 2.40. The van der Waals surface area contributed by atoms with Crippen molar-refractivity contribution >= 4 is 0 Å². The first-order valence-electron chi connectivity index (χ1n) is 7.62. The largest absolute Gasteiger partial charge is 0.310 e. The van der Waals surface area contributed by atoms with E-state index in [4.69, 9.17) is 0 Å². The van der Waals surface area contributed by atoms with E-state index in [2.05, 4.69) is 59.9 Å². The zero-order valence-corrected chi connectivity index (χ0v) is 12.8. The van der Waals surface area contributed by atoms with Crippen molar-refractivity contribution in [2.24, 2.45) is 0 Å². The first-order valence-corrected chi connectivity index (χ1v) is 7.62. The van der Waals surface area contributed by atoms with Crippen LogP contribution in [0.2, 0.25) is 0 Å². The molecule has 2 rings (SSSR count). The van der Waals surface area contributed by atoms with Gasteiger partial charge in [-0.2, -0.15) is 0 Å². The van der Waals surface area contributed by atoms with Gasteiger partial charge in [-0.15, -0.1) is 0 Å². The molecule has 20 heavy (non-hydrogen) atoms. The van der Waals surface area contributed by atoms with Crippen molar-refractivity contribution in [3.8, 4) is 5.69 Å². The maximum Gasteiger partial charge on any atom is 0.113 e. The molecule has 0 amide bonds. The Bertz CT molecular complexity index is 531. The monoisotopic (exact) mass is 271 g/mol. The van der Waals surface area contributed by atoms with Gasteiger partial charge in [0.1, 0.15) is 5.82 Å². The summed E-state index contributed by atoms with van der Waals surface area (Å²) in [4.78, 5) is 4.45. The number of hydrogen-bond acceptors (Lipinski definition) is 2. The third kappa shape index (κ3) is 3.48. The average molecular weight is 271 g/mol. The highest BCUT2D eigenvalue weighted by atomic mass is 15.1. The number of aryl methyl sites for hydroxylation is 1. The summed E-state index contributed by atoms with van der Waals surface area (Å²) in [6.07, 6.45) is 7.23. The van der Waals surface area contributed by atoms with Gasteiger partial charge in [-0.05, 0) is 44.0 Å². The predicted octanol–water partition coefficient (Wildman–Crippen LogP) is 3.89. The summed E-state index contributed by atoms with van der Waals surface area (Å²) in [5, 5.41) is 3.54. The molecule has 0 spiro atoms. The third-order valence-corrected chi connectivity index (χ3v) is 3.54. The van der Waals surface area contributed by atoms with E-state index in [9.17, 15) is 0 Å². The van der Waals surface area contributed by atoms with Gasteiger partial charge in [0.05, 0.1) is 0 Å². The van der Waals surface area contributed by atoms with Crippen LogP contribution in [0.4, 0.5) is 0 Å². The lowest BCUT2D eigenvalue weighted by atomic mass is 10.1. The molecule has 0 aliphatic rings. The second-order valence-electron chi connectivity index (χ2n) is 5.23. The van der Waals surface area contributed by atoms with Crippen molar-refractivity contribution in [2.75, 3.05) is 6.54 Å². The lowest BCUT2D eigenvalue weighted by Crippen LogP contribution is -2.19. The Hall–Kier alpha value is -1.61. The van der Waals surface area contributed by atoms with Gasteiger partial charge in [-0.1, -0.05) is 26.0 Å². The SMILES string of the molecule is CCCNC(C)c1cccc(-n2ccnc2CCC)c1. The molecule has 108 valence electrons. The van der Waals surface area contributed by atoms with Crippen LogP contribution in [0.15, 0.2) is 36.7 Å². The zero-order valence-electron chi connectivity index (χ0n) is 12.8. The zero-order chi connectivity index (χ0) is 14.4. The minimum absolute atomic E-state index is 0.382. The lowest BCUT2D eigenvalue weighted by Gasteiger charge is -2.15. The molecule has 1 aromatic heterocycles. The van der Waals surface area contributed by atoms with Gasteiger partial charge in [0.25, 0.3) is 0 Å². The minimum atomic E-state index is 0.382. The van der Waals surface area contributed by atoms with Crippen molar-refractivity contribution in [1.82, 2.24) is 14.9 Å². The second kappa shape index (κ2) is 7.25. The van der Waals surface area contributed by atoms with Gasteiger partial charge in [0, 0.05) is 30.5 Å². The normalized spacial score (nSPS) is 12.6. The maximum atomic E-state index is 4.45. The fraction of sp³-hybridized carbons (Fsp3) is 0.471. The van der Waals surface area contributed by atoms with Crippen molar-refractivity contribution < 1.29 is 0 Å². The van der Waals surface area contributed by atoms with Crippen LogP contribution < -0.4 is 5.32 Å². The van der Waals surface area contributed by atoms with E-state index in [1.807, 2.05) is 12.4 Å². The molecule has 3 nitrogen and oxygen atoms in total. The van der Waals surface area contributed by atoms with Crippen LogP contribution in [-0.4, -0.2) is 16.1 Å². The third-order valence-electron chi connectivity index (χ3n) is 3.54. The summed E-state index contributed by atoms with van der Waals surface area (Å²) in [5.74, 6) is 1.14. The molecule has 3 heteroatoms. The number of nitrogens with one attached hydrogen (secondary N) is 1. The Morgan fingerprint density at radius 3 is 2.85 bits per heavy atom. The molecule has 0 aliphatic heterocycles. The summed E-state index contributed by atoms with van der Waals surface area (Å²) in [7, 11) is 0. The van der Waals surface area contributed by atoms with Crippen LogP contribution in [0.3, 0.4) is 0 Å². The molecular formula is C17H25N3. The summed E-state index contributed by atoms with van der Waals surface area (Å²) in [5.41, 5.74) is 2.53. The predicted molar refractivity (Wildman–Crippen MR) is 84.3 cm³/mol. The van der Waals surface area contributed by atoms with Gasteiger partial charge in [0.2, 0.25) is 0 Å². The molecule has 2 aromatic rings. The maximum absolute atomic E-state index is 4.45. The highest BCUT2D eigenvalue weighted by Gasteiger charge is 2.08. The van der Waals surface area contributed by atoms with Gasteiger partial charge < -0.3 is 9.88 Å². The van der Waals surface area contributed by atoms with Crippen molar-refractivity contribution in [3.05, 3.63) is 48.0 Å². The van der Waals surface area contributed by atoms with Crippen molar-refractivity contribution in [1.29, 1.82) is 0 Å². The topological polar surface area (TPSA) is 29.9 Å². The van der Waals surface area contributed by atoms with Gasteiger partial charge in [0.15, 0.2) is 0 Å². The van der Waals surface area contributed by atoms with Gasteiger partial charge >= 0.3 is 0 Å². The molecule has 0 radical (unpaired) electrons. The van der Waals surface area contributed by atoms with Crippen LogP contribution in [-0.2, 0) is 6.42 Å². The van der Waals surface area contributed by atoms with E-state index in [1.165, 1.54) is 11.3 Å². The quantitative estimate of drug-likeness (QED) is 0.828. The number of rotatable bonds is 7. The van der Waals surface area contributed by atoms with E-state index in [-0.39, 0.29) is 0 Å². The molecule has 1 aromatic carbocycles. The highest BCUT2D eigenvalue weighted by molar-refractivity contribution is 5.38. The second-order valence-corrected chi connectivity index (χ2v) is 5.23. The molecule has 0 bridgehead atoms. The van der Waals surface area contributed by atoms with Crippen molar-refractivity contribution in [3.63, 3.8) is 0 Å². The first kappa shape index (κ1) is 14.8. The Kier molecular flexibility index (Phi) is 5.36. The molecule has 0 aliphatic carbocycles. The smallest absolute Gasteiger partial charge is 0.113 e. The summed E-state index contributed by atoms with van der Waals surface area (Å²) >= 11 is 0. The summed E-state index contributed by atoms with van der Waals surface area (Å²) < 4.78 is 2.19. The van der Waals surface area contributed by atoms with E-state index >= 15 is 0 Å². The Morgan fingerprint density at radius 2 is 2.10 bits per heavy atom. The van der Waals surface area contributed by atoms with Crippen LogP contribution in [0, 0.1) is 0 Å². The fourth-order valence-electron chi connectivity index (χ4n) is 2.40. The van der Waals surface area contributed by atoms with E-state index in [0.29, 0.717) is 6.04 Å². The molecule has 0 saturated carbocycles. The van der Waals surface area contributed by atoms with Crippen LogP contribution in [0.25, 0.3) is 5.69 Å². The van der Waals surface area contributed by atoms with Crippen LogP contribution in [0.5, 0.6) is 0 Å². The van der Waals surface area contributed by atoms with E-state index in [1.54, 1.807) is 0 Å². The van der Waals surface area contributed by atoms with Gasteiger partial charge in [-0.3, -0.25) is 0 Å². The van der Waals surface area contributed by atoms with E-state index in [0.717, 1.165) is 31.6 Å². The highest BCUT2D eigenvalue weighted by Crippen LogP contribution is 2.18. The Balaban J connectivity index is 2.22. The minimum Gasteiger partial charge on any atom is -0.310 e. The Labute approximate surface area is 122 Å². The molecule has 0 fully saturated rings. The summed E-state index contributed by atoms with van der Waals surface area (Å²) in [6.45, 7) is 7.65. The molecule has 1 N–H and O–H groups in total. The standard InChI is InChI=1S/C17H25N3/c1-4-7-17-19-11-12-20(17)16-9-6-8-15(13-16)14(3)18-10-5-2/h6,8-9,11-14,18H,4-5,7,10H2,1-3H3. The molecule has 1 atom stereocenters. The van der Waals surface area contributed by atoms with Crippen LogP contribution >= 0.6 is 0 Å². The number of aromatic nitrogens is 2. The molecule has 1 heterocycles.